The number of hydrogen-bond donors (Lipinski definition) is 3. The van der Waals surface area contributed by atoms with Crippen molar-refractivity contribution in [2.75, 3.05) is 30.5 Å². The van der Waals surface area contributed by atoms with Gasteiger partial charge in [0.05, 0.1) is 25.5 Å². The van der Waals surface area contributed by atoms with E-state index in [1.165, 1.54) is 12.1 Å². The van der Waals surface area contributed by atoms with Crippen molar-refractivity contribution in [3.8, 4) is 17.2 Å². The van der Waals surface area contributed by atoms with E-state index in [1.807, 2.05) is 20.8 Å². The SMILES string of the molecule is CCOc1cc(NC(=O)Nc2ccc(C(N)=O)cc2)cc(OCC)c1OCC. The minimum Gasteiger partial charge on any atom is -0.490 e. The number of amides is 3. The van der Waals surface area contributed by atoms with Crippen molar-refractivity contribution in [1.82, 2.24) is 0 Å². The second kappa shape index (κ2) is 10.1. The normalized spacial score (nSPS) is 10.1. The summed E-state index contributed by atoms with van der Waals surface area (Å²) in [7, 11) is 0. The summed E-state index contributed by atoms with van der Waals surface area (Å²) in [4.78, 5) is 23.4. The molecule has 0 saturated heterocycles. The van der Waals surface area contributed by atoms with Crippen molar-refractivity contribution < 1.29 is 23.8 Å². The van der Waals surface area contributed by atoms with E-state index in [4.69, 9.17) is 19.9 Å². The number of nitrogens with two attached hydrogens (primary N) is 1. The first-order valence-electron chi connectivity index (χ1n) is 9.02. The lowest BCUT2D eigenvalue weighted by Gasteiger charge is -2.17. The van der Waals surface area contributed by atoms with Crippen molar-refractivity contribution in [2.24, 2.45) is 5.73 Å². The molecule has 0 radical (unpaired) electrons. The molecule has 2 rings (SSSR count). The second-order valence-corrected chi connectivity index (χ2v) is 5.62. The maximum atomic E-state index is 12.3. The zero-order chi connectivity index (χ0) is 20.5. The van der Waals surface area contributed by atoms with E-state index in [-0.39, 0.29) is 0 Å². The van der Waals surface area contributed by atoms with Gasteiger partial charge in [0.15, 0.2) is 11.5 Å². The van der Waals surface area contributed by atoms with Crippen LogP contribution in [0.5, 0.6) is 17.2 Å². The summed E-state index contributed by atoms with van der Waals surface area (Å²) in [6.07, 6.45) is 0. The molecule has 2 aromatic carbocycles. The van der Waals surface area contributed by atoms with Crippen molar-refractivity contribution >= 4 is 23.3 Å². The van der Waals surface area contributed by atoms with Gasteiger partial charge in [0, 0.05) is 23.4 Å². The van der Waals surface area contributed by atoms with E-state index < -0.39 is 11.9 Å². The maximum Gasteiger partial charge on any atom is 0.323 e. The van der Waals surface area contributed by atoms with Gasteiger partial charge in [-0.25, -0.2) is 4.79 Å². The maximum absolute atomic E-state index is 12.3. The van der Waals surface area contributed by atoms with Gasteiger partial charge in [-0.2, -0.15) is 0 Å². The van der Waals surface area contributed by atoms with E-state index in [0.717, 1.165) is 0 Å². The van der Waals surface area contributed by atoms with Crippen LogP contribution in [0.4, 0.5) is 16.2 Å². The summed E-state index contributed by atoms with van der Waals surface area (Å²) in [5, 5.41) is 5.42. The van der Waals surface area contributed by atoms with E-state index in [9.17, 15) is 9.59 Å². The van der Waals surface area contributed by atoms with Crippen LogP contribution in [0.3, 0.4) is 0 Å². The Morgan fingerprint density at radius 3 is 1.79 bits per heavy atom. The molecule has 0 bridgehead atoms. The molecule has 8 nitrogen and oxygen atoms in total. The predicted octanol–water partition coefficient (Wildman–Crippen LogP) is 3.63. The summed E-state index contributed by atoms with van der Waals surface area (Å²) in [5.41, 5.74) is 6.57. The minimum atomic E-state index is -0.530. The molecule has 0 heterocycles. The van der Waals surface area contributed by atoms with Gasteiger partial charge < -0.3 is 30.6 Å². The summed E-state index contributed by atoms with van der Waals surface area (Å²) < 4.78 is 16.9. The number of benzene rings is 2. The zero-order valence-corrected chi connectivity index (χ0v) is 16.2. The average molecular weight is 387 g/mol. The van der Waals surface area contributed by atoms with Crippen LogP contribution in [0.15, 0.2) is 36.4 Å². The van der Waals surface area contributed by atoms with Gasteiger partial charge in [-0.05, 0) is 45.0 Å². The molecule has 0 atom stereocenters. The summed E-state index contributed by atoms with van der Waals surface area (Å²) >= 11 is 0. The van der Waals surface area contributed by atoms with Crippen molar-refractivity contribution in [3.63, 3.8) is 0 Å². The van der Waals surface area contributed by atoms with E-state index in [2.05, 4.69) is 10.6 Å². The Hall–Kier alpha value is -3.42. The molecular weight excluding hydrogens is 362 g/mol. The van der Waals surface area contributed by atoms with Crippen LogP contribution in [0.25, 0.3) is 0 Å². The minimum absolute atomic E-state index is 0.361. The monoisotopic (exact) mass is 387 g/mol. The van der Waals surface area contributed by atoms with Crippen LogP contribution < -0.4 is 30.6 Å². The van der Waals surface area contributed by atoms with E-state index in [1.54, 1.807) is 24.3 Å². The molecule has 0 aromatic heterocycles. The number of nitrogens with one attached hydrogen (secondary N) is 2. The fourth-order valence-electron chi connectivity index (χ4n) is 2.47. The number of carbonyl (C=O) groups excluding carboxylic acids is 2. The fraction of sp³-hybridized carbons (Fsp3) is 0.300. The van der Waals surface area contributed by atoms with Gasteiger partial charge in [-0.1, -0.05) is 0 Å². The lowest BCUT2D eigenvalue weighted by atomic mass is 10.2. The third-order valence-electron chi connectivity index (χ3n) is 3.59. The highest BCUT2D eigenvalue weighted by Gasteiger charge is 2.16. The molecule has 0 fully saturated rings. The first-order chi connectivity index (χ1) is 13.5. The number of carbonyl (C=O) groups is 2. The highest BCUT2D eigenvalue weighted by atomic mass is 16.5. The first kappa shape index (κ1) is 20.9. The smallest absolute Gasteiger partial charge is 0.323 e. The topological polar surface area (TPSA) is 112 Å². The van der Waals surface area contributed by atoms with Crippen molar-refractivity contribution in [1.29, 1.82) is 0 Å². The van der Waals surface area contributed by atoms with Crippen LogP contribution in [-0.4, -0.2) is 31.8 Å². The molecule has 2 aromatic rings. The van der Waals surface area contributed by atoms with E-state index >= 15 is 0 Å². The molecule has 0 unspecified atom stereocenters. The average Bonchev–Trinajstić information content (AvgIpc) is 2.65. The number of urea groups is 1. The number of ether oxygens (including phenoxy) is 3. The van der Waals surface area contributed by atoms with Crippen LogP contribution in [-0.2, 0) is 0 Å². The quantitative estimate of drug-likeness (QED) is 0.608. The van der Waals surface area contributed by atoms with Crippen LogP contribution in [0, 0.1) is 0 Å². The fourth-order valence-corrected chi connectivity index (χ4v) is 2.47. The van der Waals surface area contributed by atoms with Gasteiger partial charge in [-0.3, -0.25) is 4.79 Å². The summed E-state index contributed by atoms with van der Waals surface area (Å²) in [6, 6.07) is 9.15. The summed E-state index contributed by atoms with van der Waals surface area (Å²) in [5.74, 6) is 0.935. The third kappa shape index (κ3) is 5.54. The Labute approximate surface area is 164 Å². The molecule has 150 valence electrons. The first-order valence-corrected chi connectivity index (χ1v) is 9.02. The molecule has 3 amide bonds. The molecule has 8 heteroatoms. The predicted molar refractivity (Wildman–Crippen MR) is 108 cm³/mol. The number of anilines is 2. The Kier molecular flexibility index (Phi) is 7.50. The van der Waals surface area contributed by atoms with Crippen molar-refractivity contribution in [3.05, 3.63) is 42.0 Å². The molecule has 0 saturated carbocycles. The Morgan fingerprint density at radius 1 is 0.821 bits per heavy atom. The van der Waals surface area contributed by atoms with E-state index in [0.29, 0.717) is 54.0 Å². The lowest BCUT2D eigenvalue weighted by molar-refractivity contribution is 0.100. The number of rotatable bonds is 9. The molecule has 0 aliphatic carbocycles. The van der Waals surface area contributed by atoms with Gasteiger partial charge in [0.2, 0.25) is 11.7 Å². The second-order valence-electron chi connectivity index (χ2n) is 5.62. The zero-order valence-electron chi connectivity index (χ0n) is 16.2. The van der Waals surface area contributed by atoms with Gasteiger partial charge in [0.1, 0.15) is 0 Å². The highest BCUT2D eigenvalue weighted by Crippen LogP contribution is 2.40. The van der Waals surface area contributed by atoms with Crippen LogP contribution >= 0.6 is 0 Å². The molecular formula is C20H25N3O5. The third-order valence-corrected chi connectivity index (χ3v) is 3.59. The highest BCUT2D eigenvalue weighted by molar-refractivity contribution is 6.00. The Morgan fingerprint density at radius 2 is 1.32 bits per heavy atom. The molecule has 4 N–H and O–H groups in total. The van der Waals surface area contributed by atoms with Gasteiger partial charge in [0.25, 0.3) is 0 Å². The largest absolute Gasteiger partial charge is 0.490 e. The standard InChI is InChI=1S/C20H25N3O5/c1-4-26-16-11-15(12-17(27-5-2)18(16)28-6-3)23-20(25)22-14-9-7-13(8-10-14)19(21)24/h7-12H,4-6H2,1-3H3,(H2,21,24)(H2,22,23,25). The van der Waals surface area contributed by atoms with Crippen LogP contribution in [0.2, 0.25) is 0 Å². The Bertz CT molecular complexity index is 794. The molecule has 0 aliphatic heterocycles. The van der Waals surface area contributed by atoms with Gasteiger partial charge in [-0.15, -0.1) is 0 Å². The Balaban J connectivity index is 2.19. The molecule has 0 aliphatic rings. The van der Waals surface area contributed by atoms with Gasteiger partial charge >= 0.3 is 6.03 Å². The molecule has 28 heavy (non-hydrogen) atoms. The summed E-state index contributed by atoms with van der Waals surface area (Å²) in [6.45, 7) is 6.92. The number of hydrogen-bond acceptors (Lipinski definition) is 5. The molecule has 0 spiro atoms. The lowest BCUT2D eigenvalue weighted by Crippen LogP contribution is -2.20. The number of primary amides is 1. The van der Waals surface area contributed by atoms with Crippen molar-refractivity contribution in [2.45, 2.75) is 20.8 Å². The van der Waals surface area contributed by atoms with Crippen LogP contribution in [0.1, 0.15) is 31.1 Å².